The molecule has 1 aliphatic rings. The first kappa shape index (κ1) is 35.0. The summed E-state index contributed by atoms with van der Waals surface area (Å²) >= 11 is 0. The van der Waals surface area contributed by atoms with E-state index in [4.69, 9.17) is 0 Å². The molecule has 0 N–H and O–H groups in total. The van der Waals surface area contributed by atoms with Gasteiger partial charge in [0.2, 0.25) is 0 Å². The summed E-state index contributed by atoms with van der Waals surface area (Å²) in [6.07, 6.45) is 18.6. The summed E-state index contributed by atoms with van der Waals surface area (Å²) in [6.45, 7) is 8.50. The highest BCUT2D eigenvalue weighted by atomic mass is 15.1. The normalized spacial score (nSPS) is 12.8. The van der Waals surface area contributed by atoms with Crippen LogP contribution in [0.3, 0.4) is 0 Å². The van der Waals surface area contributed by atoms with Gasteiger partial charge in [0.15, 0.2) is 0 Å². The molecule has 260 valence electrons. The summed E-state index contributed by atoms with van der Waals surface area (Å²) in [5.41, 5.74) is 16.7. The van der Waals surface area contributed by atoms with E-state index in [1.165, 1.54) is 39.0 Å². The molecule has 0 spiro atoms. The van der Waals surface area contributed by atoms with Crippen LogP contribution in [0.2, 0.25) is 0 Å². The highest BCUT2D eigenvalue weighted by Gasteiger charge is 2.13. The Morgan fingerprint density at radius 1 is 0.358 bits per heavy atom. The Labute approximate surface area is 315 Å². The SMILES string of the molecule is Cc1ccc(N(c2ccc(C)cc2)c2ccc(/C=C/C3=CC=C(/C=C/c4ccc(N(c5ccc(C)cc5)c5ccc(C)cc5)cc4)CC=C3)cc2)cc1. The summed E-state index contributed by atoms with van der Waals surface area (Å²) < 4.78 is 0. The van der Waals surface area contributed by atoms with Crippen LogP contribution < -0.4 is 9.80 Å². The molecule has 53 heavy (non-hydrogen) atoms. The van der Waals surface area contributed by atoms with E-state index in [2.05, 4.69) is 232 Å². The predicted molar refractivity (Wildman–Crippen MR) is 229 cm³/mol. The van der Waals surface area contributed by atoms with Gasteiger partial charge in [-0.25, -0.2) is 0 Å². The smallest absolute Gasteiger partial charge is 0.0462 e. The van der Waals surface area contributed by atoms with Crippen LogP contribution in [0.15, 0.2) is 193 Å². The lowest BCUT2D eigenvalue weighted by Crippen LogP contribution is -2.09. The van der Waals surface area contributed by atoms with Crippen molar-refractivity contribution >= 4 is 46.3 Å². The van der Waals surface area contributed by atoms with E-state index in [1.54, 1.807) is 0 Å². The number of hydrogen-bond donors (Lipinski definition) is 0. The molecule has 0 saturated heterocycles. The molecular formula is C51H46N2. The Balaban J connectivity index is 1.03. The fourth-order valence-corrected chi connectivity index (χ4v) is 6.43. The first-order chi connectivity index (χ1) is 25.9. The minimum Gasteiger partial charge on any atom is -0.311 e. The van der Waals surface area contributed by atoms with Gasteiger partial charge in [-0.3, -0.25) is 0 Å². The van der Waals surface area contributed by atoms with E-state index < -0.39 is 0 Å². The van der Waals surface area contributed by atoms with Crippen LogP contribution in [-0.2, 0) is 0 Å². The summed E-state index contributed by atoms with van der Waals surface area (Å²) in [6, 6.07) is 52.5. The quantitative estimate of drug-likeness (QED) is 0.142. The van der Waals surface area contributed by atoms with Crippen LogP contribution in [0.4, 0.5) is 34.1 Å². The molecule has 6 aromatic carbocycles. The maximum atomic E-state index is 2.31. The van der Waals surface area contributed by atoms with Crippen molar-refractivity contribution in [2.75, 3.05) is 9.80 Å². The van der Waals surface area contributed by atoms with E-state index in [9.17, 15) is 0 Å². The molecule has 0 bridgehead atoms. The Morgan fingerprint density at radius 2 is 0.679 bits per heavy atom. The Hall–Kier alpha value is -6.38. The molecule has 0 heterocycles. The van der Waals surface area contributed by atoms with Crippen LogP contribution >= 0.6 is 0 Å². The van der Waals surface area contributed by atoms with Crippen molar-refractivity contribution in [3.8, 4) is 0 Å². The van der Waals surface area contributed by atoms with Crippen molar-refractivity contribution in [3.05, 3.63) is 227 Å². The number of nitrogens with zero attached hydrogens (tertiary/aromatic N) is 2. The first-order valence-electron chi connectivity index (χ1n) is 18.4. The van der Waals surface area contributed by atoms with Gasteiger partial charge in [0, 0.05) is 34.1 Å². The minimum atomic E-state index is 0.888. The second kappa shape index (κ2) is 16.3. The maximum absolute atomic E-state index is 2.31. The third-order valence-electron chi connectivity index (χ3n) is 9.58. The third kappa shape index (κ3) is 8.92. The summed E-state index contributed by atoms with van der Waals surface area (Å²) in [5, 5.41) is 0. The van der Waals surface area contributed by atoms with Crippen molar-refractivity contribution in [2.24, 2.45) is 0 Å². The number of allylic oxidation sites excluding steroid dienone is 8. The van der Waals surface area contributed by atoms with Gasteiger partial charge in [0.05, 0.1) is 0 Å². The van der Waals surface area contributed by atoms with Crippen LogP contribution in [0.25, 0.3) is 12.2 Å². The second-order valence-electron chi connectivity index (χ2n) is 13.9. The van der Waals surface area contributed by atoms with Crippen molar-refractivity contribution in [1.29, 1.82) is 0 Å². The lowest BCUT2D eigenvalue weighted by molar-refractivity contribution is 1.27. The second-order valence-corrected chi connectivity index (χ2v) is 13.9. The molecule has 0 atom stereocenters. The molecule has 2 heteroatoms. The van der Waals surface area contributed by atoms with E-state index >= 15 is 0 Å². The third-order valence-corrected chi connectivity index (χ3v) is 9.58. The van der Waals surface area contributed by atoms with Crippen LogP contribution in [0.1, 0.15) is 39.8 Å². The monoisotopic (exact) mass is 686 g/mol. The standard InChI is InChI=1S/C51H46N2/c1-38-8-26-46(27-9-38)52(47-28-10-39(2)11-29-47)50-34-22-44(23-35-50)20-18-42-6-5-7-43(17-16-42)19-21-45-24-36-51(37-25-45)53(48-30-12-40(3)13-31-48)49-32-14-41(4)15-33-49/h5-6,8-37H,7H2,1-4H3/b20-18+,21-19+. The van der Waals surface area contributed by atoms with Crippen molar-refractivity contribution in [3.63, 3.8) is 0 Å². The van der Waals surface area contributed by atoms with Gasteiger partial charge in [0.1, 0.15) is 0 Å². The van der Waals surface area contributed by atoms with Crippen molar-refractivity contribution in [1.82, 2.24) is 0 Å². The van der Waals surface area contributed by atoms with Crippen molar-refractivity contribution in [2.45, 2.75) is 34.1 Å². The maximum Gasteiger partial charge on any atom is 0.0462 e. The highest BCUT2D eigenvalue weighted by Crippen LogP contribution is 2.36. The summed E-state index contributed by atoms with van der Waals surface area (Å²) in [4.78, 5) is 4.62. The molecule has 7 rings (SSSR count). The molecule has 0 unspecified atom stereocenters. The number of rotatable bonds is 10. The van der Waals surface area contributed by atoms with Crippen LogP contribution in [-0.4, -0.2) is 0 Å². The first-order valence-corrected chi connectivity index (χ1v) is 18.4. The number of aryl methyl sites for hydroxylation is 4. The average Bonchev–Trinajstić information content (AvgIpc) is 3.42. The molecule has 0 aromatic heterocycles. The van der Waals surface area contributed by atoms with E-state index in [1.807, 2.05) is 0 Å². The van der Waals surface area contributed by atoms with Gasteiger partial charge in [0.25, 0.3) is 0 Å². The molecule has 1 aliphatic carbocycles. The number of anilines is 6. The van der Waals surface area contributed by atoms with Gasteiger partial charge >= 0.3 is 0 Å². The fourth-order valence-electron chi connectivity index (χ4n) is 6.43. The van der Waals surface area contributed by atoms with E-state index in [0.717, 1.165) is 46.1 Å². The van der Waals surface area contributed by atoms with Gasteiger partial charge in [-0.1, -0.05) is 144 Å². The molecule has 0 saturated carbocycles. The predicted octanol–water partition coefficient (Wildman–Crippen LogP) is 14.4. The molecule has 0 amide bonds. The highest BCUT2D eigenvalue weighted by molar-refractivity contribution is 5.78. The molecule has 0 aliphatic heterocycles. The Bertz CT molecular complexity index is 2190. The largest absolute Gasteiger partial charge is 0.311 e. The van der Waals surface area contributed by atoms with Crippen LogP contribution in [0, 0.1) is 27.7 Å². The topological polar surface area (TPSA) is 6.48 Å². The fraction of sp³-hybridized carbons (Fsp3) is 0.0980. The zero-order valence-corrected chi connectivity index (χ0v) is 31.1. The lowest BCUT2D eigenvalue weighted by Gasteiger charge is -2.25. The minimum absolute atomic E-state index is 0.888. The summed E-state index contributed by atoms with van der Waals surface area (Å²) in [7, 11) is 0. The van der Waals surface area contributed by atoms with Crippen LogP contribution in [0.5, 0.6) is 0 Å². The van der Waals surface area contributed by atoms with E-state index in [-0.39, 0.29) is 0 Å². The van der Waals surface area contributed by atoms with Gasteiger partial charge in [-0.05, 0) is 129 Å². The Kier molecular flexibility index (Phi) is 10.8. The molecule has 6 aromatic rings. The van der Waals surface area contributed by atoms with Gasteiger partial charge in [-0.15, -0.1) is 0 Å². The van der Waals surface area contributed by atoms with Gasteiger partial charge < -0.3 is 9.80 Å². The average molecular weight is 687 g/mol. The van der Waals surface area contributed by atoms with Gasteiger partial charge in [-0.2, -0.15) is 0 Å². The lowest BCUT2D eigenvalue weighted by atomic mass is 10.1. The number of hydrogen-bond acceptors (Lipinski definition) is 2. The molecular weight excluding hydrogens is 641 g/mol. The summed E-state index contributed by atoms with van der Waals surface area (Å²) in [5.74, 6) is 0. The molecule has 0 radical (unpaired) electrons. The van der Waals surface area contributed by atoms with Crippen molar-refractivity contribution < 1.29 is 0 Å². The molecule has 0 fully saturated rings. The molecule has 2 nitrogen and oxygen atoms in total. The van der Waals surface area contributed by atoms with E-state index in [0.29, 0.717) is 0 Å². The number of benzene rings is 6. The zero-order chi connectivity index (χ0) is 36.6. The zero-order valence-electron chi connectivity index (χ0n) is 31.1. The Morgan fingerprint density at radius 3 is 1.04 bits per heavy atom.